The van der Waals surface area contributed by atoms with Crippen LogP contribution in [0.15, 0.2) is 6.20 Å². The number of hydrogen-bond acceptors (Lipinski definition) is 3. The van der Waals surface area contributed by atoms with Crippen molar-refractivity contribution in [1.82, 2.24) is 4.98 Å². The molecular formula is C8H2Cl2F2N2O. The third-order valence-corrected chi connectivity index (χ3v) is 2.18. The van der Waals surface area contributed by atoms with Crippen LogP contribution in [0.1, 0.15) is 28.0 Å². The summed E-state index contributed by atoms with van der Waals surface area (Å²) in [6, 6.07) is 1.54. The first-order valence-electron chi connectivity index (χ1n) is 3.55. The molecule has 78 valence electrons. The highest BCUT2D eigenvalue weighted by atomic mass is 35.5. The topological polar surface area (TPSA) is 53.8 Å². The molecule has 0 atom stereocenters. The third-order valence-electron chi connectivity index (χ3n) is 1.58. The normalized spacial score (nSPS) is 10.1. The largest absolute Gasteiger partial charge is 0.275 e. The van der Waals surface area contributed by atoms with Crippen LogP contribution >= 0.6 is 23.2 Å². The van der Waals surface area contributed by atoms with E-state index >= 15 is 0 Å². The molecule has 0 aliphatic carbocycles. The molecule has 0 saturated carbocycles. The van der Waals surface area contributed by atoms with Crippen LogP contribution in [0.25, 0.3) is 0 Å². The van der Waals surface area contributed by atoms with E-state index in [1.165, 1.54) is 6.07 Å². The Morgan fingerprint density at radius 1 is 1.60 bits per heavy atom. The highest BCUT2D eigenvalue weighted by molar-refractivity contribution is 6.69. The Morgan fingerprint density at radius 3 is 2.60 bits per heavy atom. The number of hydrogen-bond donors (Lipinski definition) is 0. The van der Waals surface area contributed by atoms with Crippen molar-refractivity contribution in [2.45, 2.75) is 6.43 Å². The molecule has 0 saturated heterocycles. The maximum Gasteiger partial charge on any atom is 0.266 e. The fraction of sp³-hybridized carbons (Fsp3) is 0.125. The molecule has 0 unspecified atom stereocenters. The van der Waals surface area contributed by atoms with Gasteiger partial charge in [0.25, 0.3) is 11.7 Å². The molecule has 15 heavy (non-hydrogen) atoms. The molecule has 0 aliphatic rings. The molecule has 7 heteroatoms. The van der Waals surface area contributed by atoms with Crippen LogP contribution in [0.3, 0.4) is 0 Å². The van der Waals surface area contributed by atoms with Crippen molar-refractivity contribution in [3.63, 3.8) is 0 Å². The summed E-state index contributed by atoms with van der Waals surface area (Å²) in [5.74, 6) is 0. The summed E-state index contributed by atoms with van der Waals surface area (Å²) < 4.78 is 24.7. The molecule has 0 radical (unpaired) electrons. The predicted octanol–water partition coefficient (Wildman–Crippen LogP) is 2.92. The van der Waals surface area contributed by atoms with Crippen LogP contribution in [0.5, 0.6) is 0 Å². The summed E-state index contributed by atoms with van der Waals surface area (Å²) in [5.41, 5.74) is -1.48. The third kappa shape index (κ3) is 2.22. The summed E-state index contributed by atoms with van der Waals surface area (Å²) in [6.07, 6.45) is -2.14. The first-order chi connectivity index (χ1) is 6.99. The van der Waals surface area contributed by atoms with Gasteiger partial charge in [0.1, 0.15) is 6.07 Å². The molecule has 1 aromatic heterocycles. The molecule has 1 heterocycles. The fourth-order valence-corrected chi connectivity index (χ4v) is 1.46. The van der Waals surface area contributed by atoms with E-state index in [9.17, 15) is 13.6 Å². The summed E-state index contributed by atoms with van der Waals surface area (Å²) >= 11 is 10.6. The summed E-state index contributed by atoms with van der Waals surface area (Å²) in [4.78, 5) is 14.2. The first kappa shape index (κ1) is 11.8. The number of rotatable bonds is 2. The molecule has 0 aromatic carbocycles. The second kappa shape index (κ2) is 4.51. The van der Waals surface area contributed by atoms with Crippen LogP contribution in [0, 0.1) is 11.3 Å². The van der Waals surface area contributed by atoms with Gasteiger partial charge in [-0.15, -0.1) is 0 Å². The molecule has 0 aliphatic heterocycles. The molecule has 3 nitrogen and oxygen atoms in total. The Kier molecular flexibility index (Phi) is 3.56. The van der Waals surface area contributed by atoms with E-state index in [0.717, 1.165) is 6.20 Å². The molecule has 0 bridgehead atoms. The van der Waals surface area contributed by atoms with Crippen molar-refractivity contribution < 1.29 is 13.6 Å². The number of pyridine rings is 1. The van der Waals surface area contributed by atoms with Crippen molar-refractivity contribution >= 4 is 28.4 Å². The smallest absolute Gasteiger partial charge is 0.266 e. The average Bonchev–Trinajstić information content (AvgIpc) is 2.15. The van der Waals surface area contributed by atoms with Gasteiger partial charge in [-0.25, -0.2) is 13.8 Å². The van der Waals surface area contributed by atoms with Gasteiger partial charge in [0, 0.05) is 6.20 Å². The van der Waals surface area contributed by atoms with E-state index in [-0.39, 0.29) is 5.69 Å². The van der Waals surface area contributed by atoms with Crippen LogP contribution in [0.4, 0.5) is 8.78 Å². The average molecular weight is 251 g/mol. The van der Waals surface area contributed by atoms with Gasteiger partial charge >= 0.3 is 0 Å². The SMILES string of the molecule is N#Cc1ncc(C(F)F)c(Cl)c1C(=O)Cl. The number of aromatic nitrogens is 1. The van der Waals surface area contributed by atoms with Gasteiger partial charge in [-0.05, 0) is 11.6 Å². The van der Waals surface area contributed by atoms with E-state index < -0.39 is 27.8 Å². The van der Waals surface area contributed by atoms with Gasteiger partial charge < -0.3 is 0 Å². The maximum atomic E-state index is 12.3. The second-order valence-corrected chi connectivity index (χ2v) is 3.16. The minimum Gasteiger partial charge on any atom is -0.275 e. The van der Waals surface area contributed by atoms with Crippen LogP contribution < -0.4 is 0 Å². The van der Waals surface area contributed by atoms with Gasteiger partial charge in [0.2, 0.25) is 0 Å². The van der Waals surface area contributed by atoms with Gasteiger partial charge in [0.15, 0.2) is 5.69 Å². The summed E-state index contributed by atoms with van der Waals surface area (Å²) in [5, 5.41) is 6.93. The molecule has 0 N–H and O–H groups in total. The number of carbonyl (C=O) groups excluding carboxylic acids is 1. The van der Waals surface area contributed by atoms with E-state index in [4.69, 9.17) is 28.5 Å². The summed E-state index contributed by atoms with van der Waals surface area (Å²) in [7, 11) is 0. The zero-order chi connectivity index (χ0) is 11.6. The Morgan fingerprint density at radius 2 is 2.20 bits per heavy atom. The van der Waals surface area contributed by atoms with Crippen molar-refractivity contribution in [3.05, 3.63) is 28.0 Å². The molecular weight excluding hydrogens is 249 g/mol. The Balaban J connectivity index is 3.51. The molecule has 1 rings (SSSR count). The Hall–Kier alpha value is -1.25. The number of nitriles is 1. The minimum absolute atomic E-state index is 0.371. The quantitative estimate of drug-likeness (QED) is 0.759. The van der Waals surface area contributed by atoms with Gasteiger partial charge in [-0.3, -0.25) is 4.79 Å². The van der Waals surface area contributed by atoms with Crippen molar-refractivity contribution in [3.8, 4) is 6.07 Å². The fourth-order valence-electron chi connectivity index (χ4n) is 0.920. The highest BCUT2D eigenvalue weighted by Crippen LogP contribution is 2.31. The molecule has 0 fully saturated rings. The molecule has 1 aromatic rings. The standard InChI is InChI=1S/C8H2Cl2F2N2O/c9-6-3(8(11)12)2-14-4(1-13)5(6)7(10)15/h2,8H. The lowest BCUT2D eigenvalue weighted by atomic mass is 10.1. The van der Waals surface area contributed by atoms with Gasteiger partial charge in [-0.2, -0.15) is 5.26 Å². The van der Waals surface area contributed by atoms with Crippen molar-refractivity contribution in [2.75, 3.05) is 0 Å². The van der Waals surface area contributed by atoms with Crippen LogP contribution in [-0.2, 0) is 0 Å². The van der Waals surface area contributed by atoms with Crippen LogP contribution in [-0.4, -0.2) is 10.2 Å². The van der Waals surface area contributed by atoms with Crippen molar-refractivity contribution in [2.24, 2.45) is 0 Å². The van der Waals surface area contributed by atoms with Crippen molar-refractivity contribution in [1.29, 1.82) is 5.26 Å². The highest BCUT2D eigenvalue weighted by Gasteiger charge is 2.22. The molecule has 0 amide bonds. The van der Waals surface area contributed by atoms with E-state index in [1.54, 1.807) is 0 Å². The van der Waals surface area contributed by atoms with E-state index in [1.807, 2.05) is 0 Å². The van der Waals surface area contributed by atoms with Gasteiger partial charge in [-0.1, -0.05) is 11.6 Å². The number of alkyl halides is 2. The molecule has 0 spiro atoms. The summed E-state index contributed by atoms with van der Waals surface area (Å²) in [6.45, 7) is 0. The zero-order valence-electron chi connectivity index (χ0n) is 6.97. The second-order valence-electron chi connectivity index (χ2n) is 2.44. The Bertz CT molecular complexity index is 457. The van der Waals surface area contributed by atoms with Crippen LogP contribution in [0.2, 0.25) is 5.02 Å². The first-order valence-corrected chi connectivity index (χ1v) is 4.31. The monoisotopic (exact) mass is 250 g/mol. The van der Waals surface area contributed by atoms with E-state index in [0.29, 0.717) is 0 Å². The maximum absolute atomic E-state index is 12.3. The lowest BCUT2D eigenvalue weighted by Crippen LogP contribution is -2.02. The number of nitrogens with zero attached hydrogens (tertiary/aromatic N) is 2. The van der Waals surface area contributed by atoms with E-state index in [2.05, 4.69) is 4.98 Å². The number of halogens is 4. The number of carbonyl (C=O) groups is 1. The zero-order valence-corrected chi connectivity index (χ0v) is 8.48. The lowest BCUT2D eigenvalue weighted by molar-refractivity contribution is 0.108. The minimum atomic E-state index is -2.88. The predicted molar refractivity (Wildman–Crippen MR) is 49.1 cm³/mol. The lowest BCUT2D eigenvalue weighted by Gasteiger charge is -2.06. The Labute approximate surface area is 93.2 Å². The van der Waals surface area contributed by atoms with Gasteiger partial charge in [0.05, 0.1) is 16.1 Å².